The quantitative estimate of drug-likeness (QED) is 0.544. The molecule has 0 aliphatic heterocycles. The molecule has 0 aliphatic carbocycles. The first-order valence-electron chi connectivity index (χ1n) is 6.19. The maximum Gasteiger partial charge on any atom is 0.214 e. The van der Waals surface area contributed by atoms with E-state index < -0.39 is 0 Å². The summed E-state index contributed by atoms with van der Waals surface area (Å²) in [5.41, 5.74) is 1.75. The number of thioether (sulfide) groups is 1. The van der Waals surface area contributed by atoms with Crippen molar-refractivity contribution < 1.29 is 0 Å². The molecule has 0 N–H and O–H groups in total. The van der Waals surface area contributed by atoms with E-state index in [1.807, 2.05) is 37.3 Å². The summed E-state index contributed by atoms with van der Waals surface area (Å²) >= 11 is 7.39. The molecular weight excluding hydrogens is 308 g/mol. The van der Waals surface area contributed by atoms with Crippen LogP contribution in [0.25, 0.3) is 5.69 Å². The highest BCUT2D eigenvalue weighted by Crippen LogP contribution is 2.21. The molecule has 3 aromatic rings. The van der Waals surface area contributed by atoms with Crippen molar-refractivity contribution in [2.45, 2.75) is 17.8 Å². The van der Waals surface area contributed by atoms with Crippen LogP contribution in [0.5, 0.6) is 0 Å². The summed E-state index contributed by atoms with van der Waals surface area (Å²) in [5.74, 6) is 1.21. The Labute approximate surface area is 130 Å². The van der Waals surface area contributed by atoms with Gasteiger partial charge in [-0.2, -0.15) is 4.68 Å². The normalized spacial score (nSPS) is 10.8. The zero-order valence-electron chi connectivity index (χ0n) is 11.1. The van der Waals surface area contributed by atoms with Crippen molar-refractivity contribution in [3.63, 3.8) is 0 Å². The molecule has 0 bridgehead atoms. The molecule has 21 heavy (non-hydrogen) atoms. The number of aryl methyl sites for hydroxylation is 1. The maximum atomic E-state index is 5.93. The van der Waals surface area contributed by atoms with E-state index in [0.717, 1.165) is 11.4 Å². The van der Waals surface area contributed by atoms with Crippen LogP contribution in [-0.2, 0) is 5.75 Å². The van der Waals surface area contributed by atoms with Gasteiger partial charge in [-0.3, -0.25) is 0 Å². The highest BCUT2D eigenvalue weighted by atomic mass is 35.5. The molecule has 0 spiro atoms. The third kappa shape index (κ3) is 3.37. The van der Waals surface area contributed by atoms with Gasteiger partial charge in [-0.1, -0.05) is 41.6 Å². The minimum absolute atomic E-state index is 0.445. The van der Waals surface area contributed by atoms with Gasteiger partial charge in [0.2, 0.25) is 5.16 Å². The molecule has 0 aliphatic rings. The molecule has 106 valence electrons. The molecule has 0 fully saturated rings. The fraction of sp³-hybridized carbons (Fsp3) is 0.154. The van der Waals surface area contributed by atoms with Crippen LogP contribution < -0.4 is 0 Å². The van der Waals surface area contributed by atoms with Crippen molar-refractivity contribution >= 4 is 23.4 Å². The zero-order valence-corrected chi connectivity index (χ0v) is 12.7. The van der Waals surface area contributed by atoms with Gasteiger partial charge in [-0.05, 0) is 35.5 Å². The van der Waals surface area contributed by atoms with Gasteiger partial charge in [0.15, 0.2) is 0 Å². The van der Waals surface area contributed by atoms with Crippen LogP contribution in [0.15, 0.2) is 41.6 Å². The van der Waals surface area contributed by atoms with E-state index in [9.17, 15) is 0 Å². The van der Waals surface area contributed by atoms with Crippen molar-refractivity contribution in [2.24, 2.45) is 0 Å². The Bertz CT molecular complexity index is 725. The molecule has 0 amide bonds. The monoisotopic (exact) mass is 318 g/mol. The van der Waals surface area contributed by atoms with E-state index >= 15 is 0 Å². The second-order valence-corrected chi connectivity index (χ2v) is 5.58. The summed E-state index contributed by atoms with van der Waals surface area (Å²) in [5, 5.41) is 12.9. The van der Waals surface area contributed by atoms with Gasteiger partial charge in [0.1, 0.15) is 11.0 Å². The minimum atomic E-state index is 0.445. The van der Waals surface area contributed by atoms with Gasteiger partial charge < -0.3 is 0 Å². The standard InChI is InChI=1S/C13H11ClN6S/c1-9-7-11(14)16-12(15-9)8-21-13-17-18-19-20(13)10-5-3-2-4-6-10/h2-7H,8H2,1H3. The van der Waals surface area contributed by atoms with E-state index in [-0.39, 0.29) is 0 Å². The fourth-order valence-electron chi connectivity index (χ4n) is 1.78. The summed E-state index contributed by atoms with van der Waals surface area (Å²) in [6, 6.07) is 11.4. The molecule has 2 heterocycles. The highest BCUT2D eigenvalue weighted by Gasteiger charge is 2.10. The molecule has 0 radical (unpaired) electrons. The Hall–Kier alpha value is -1.99. The lowest BCUT2D eigenvalue weighted by molar-refractivity contribution is 0.756. The van der Waals surface area contributed by atoms with Crippen LogP contribution in [0, 0.1) is 6.92 Å². The predicted molar refractivity (Wildman–Crippen MR) is 80.5 cm³/mol. The lowest BCUT2D eigenvalue weighted by atomic mass is 10.3. The lowest BCUT2D eigenvalue weighted by Crippen LogP contribution is -2.00. The number of tetrazole rings is 1. The van der Waals surface area contributed by atoms with Crippen molar-refractivity contribution in [1.29, 1.82) is 0 Å². The molecule has 0 saturated heterocycles. The molecule has 0 saturated carbocycles. The van der Waals surface area contributed by atoms with E-state index in [4.69, 9.17) is 11.6 Å². The molecule has 2 aromatic heterocycles. The van der Waals surface area contributed by atoms with Gasteiger partial charge in [0.25, 0.3) is 0 Å². The maximum absolute atomic E-state index is 5.93. The van der Waals surface area contributed by atoms with Crippen LogP contribution >= 0.6 is 23.4 Å². The van der Waals surface area contributed by atoms with Crippen LogP contribution in [0.4, 0.5) is 0 Å². The summed E-state index contributed by atoms with van der Waals surface area (Å²) in [6.45, 7) is 1.88. The number of para-hydroxylation sites is 1. The first kappa shape index (κ1) is 14.0. The van der Waals surface area contributed by atoms with Gasteiger partial charge >= 0.3 is 0 Å². The number of halogens is 1. The van der Waals surface area contributed by atoms with Crippen LogP contribution in [0.2, 0.25) is 5.15 Å². The van der Waals surface area contributed by atoms with Gasteiger partial charge in [0.05, 0.1) is 11.4 Å². The first-order chi connectivity index (χ1) is 10.2. The zero-order chi connectivity index (χ0) is 14.7. The predicted octanol–water partition coefficient (Wildman–Crippen LogP) is 2.71. The summed E-state index contributed by atoms with van der Waals surface area (Å²) in [7, 11) is 0. The Morgan fingerprint density at radius 2 is 2.00 bits per heavy atom. The fourth-order valence-corrected chi connectivity index (χ4v) is 2.78. The van der Waals surface area contributed by atoms with Gasteiger partial charge in [0, 0.05) is 5.69 Å². The van der Waals surface area contributed by atoms with Crippen molar-refractivity contribution in [3.05, 3.63) is 53.1 Å². The topological polar surface area (TPSA) is 69.4 Å². The van der Waals surface area contributed by atoms with Crippen LogP contribution in [-0.4, -0.2) is 30.2 Å². The number of hydrogen-bond acceptors (Lipinski definition) is 6. The van der Waals surface area contributed by atoms with Crippen molar-refractivity contribution in [2.75, 3.05) is 0 Å². The summed E-state index contributed by atoms with van der Waals surface area (Å²) < 4.78 is 1.68. The number of hydrogen-bond donors (Lipinski definition) is 0. The lowest BCUT2D eigenvalue weighted by Gasteiger charge is -2.04. The second-order valence-electron chi connectivity index (χ2n) is 4.25. The average Bonchev–Trinajstić information content (AvgIpc) is 2.93. The highest BCUT2D eigenvalue weighted by molar-refractivity contribution is 7.98. The van der Waals surface area contributed by atoms with E-state index in [2.05, 4.69) is 25.5 Å². The number of nitrogens with zero attached hydrogens (tertiary/aromatic N) is 6. The second kappa shape index (κ2) is 6.19. The molecule has 6 nitrogen and oxygen atoms in total. The van der Waals surface area contributed by atoms with E-state index in [0.29, 0.717) is 21.9 Å². The Morgan fingerprint density at radius 3 is 2.76 bits per heavy atom. The molecule has 0 atom stereocenters. The summed E-state index contributed by atoms with van der Waals surface area (Å²) in [6.07, 6.45) is 0. The largest absolute Gasteiger partial charge is 0.237 e. The van der Waals surface area contributed by atoms with Crippen LogP contribution in [0.1, 0.15) is 11.5 Å². The minimum Gasteiger partial charge on any atom is -0.237 e. The molecular formula is C13H11ClN6S. The van der Waals surface area contributed by atoms with Crippen LogP contribution in [0.3, 0.4) is 0 Å². The van der Waals surface area contributed by atoms with Crippen molar-refractivity contribution in [1.82, 2.24) is 30.2 Å². The first-order valence-corrected chi connectivity index (χ1v) is 7.55. The Morgan fingerprint density at radius 1 is 1.19 bits per heavy atom. The average molecular weight is 319 g/mol. The van der Waals surface area contributed by atoms with Gasteiger partial charge in [-0.25, -0.2) is 9.97 Å². The third-order valence-electron chi connectivity index (χ3n) is 2.64. The molecule has 1 aromatic carbocycles. The van der Waals surface area contributed by atoms with Gasteiger partial charge in [-0.15, -0.1) is 5.10 Å². The number of benzene rings is 1. The third-order valence-corrected chi connectivity index (χ3v) is 3.75. The molecule has 3 rings (SSSR count). The number of rotatable bonds is 4. The number of aromatic nitrogens is 6. The molecule has 0 unspecified atom stereocenters. The SMILES string of the molecule is Cc1cc(Cl)nc(CSc2nnnn2-c2ccccc2)n1. The smallest absolute Gasteiger partial charge is 0.214 e. The van der Waals surface area contributed by atoms with E-state index in [1.165, 1.54) is 11.8 Å². The Balaban J connectivity index is 1.79. The van der Waals surface area contributed by atoms with E-state index in [1.54, 1.807) is 10.7 Å². The van der Waals surface area contributed by atoms with Crippen molar-refractivity contribution in [3.8, 4) is 5.69 Å². The Kier molecular flexibility index (Phi) is 4.12. The summed E-state index contributed by atoms with van der Waals surface area (Å²) in [4.78, 5) is 8.53. The molecule has 8 heteroatoms.